The number of hydrogen-bond donors (Lipinski definition) is 0. The zero-order valence-electron chi connectivity index (χ0n) is 17.8. The second-order valence-electron chi connectivity index (χ2n) is 7.20. The van der Waals surface area contributed by atoms with Crippen molar-refractivity contribution in [2.45, 2.75) is 26.4 Å². The average Bonchev–Trinajstić information content (AvgIpc) is 2.83. The Morgan fingerprint density at radius 1 is 0.531 bits per heavy atom. The highest BCUT2D eigenvalue weighted by atomic mass is 16.5. The van der Waals surface area contributed by atoms with Crippen molar-refractivity contribution in [3.63, 3.8) is 0 Å². The summed E-state index contributed by atoms with van der Waals surface area (Å²) in [5.74, 6) is 13.0. The van der Waals surface area contributed by atoms with Crippen LogP contribution in [0.2, 0.25) is 0 Å². The molecule has 1 aliphatic rings. The lowest BCUT2D eigenvalue weighted by Gasteiger charge is -2.13. The summed E-state index contributed by atoms with van der Waals surface area (Å²) in [5.41, 5.74) is 4.12. The molecular formula is C28H24O4. The Morgan fingerprint density at radius 2 is 1.03 bits per heavy atom. The lowest BCUT2D eigenvalue weighted by Crippen LogP contribution is -2.03. The van der Waals surface area contributed by atoms with Crippen LogP contribution in [0.1, 0.15) is 22.3 Å². The van der Waals surface area contributed by atoms with Crippen LogP contribution in [0.15, 0.2) is 72.8 Å². The van der Waals surface area contributed by atoms with E-state index in [2.05, 4.69) is 41.9 Å². The van der Waals surface area contributed by atoms with E-state index in [-0.39, 0.29) is 0 Å². The summed E-state index contributed by atoms with van der Waals surface area (Å²) < 4.78 is 23.5. The van der Waals surface area contributed by atoms with Gasteiger partial charge in [0.15, 0.2) is 0 Å². The van der Waals surface area contributed by atoms with E-state index in [0.29, 0.717) is 39.6 Å². The largest absolute Gasteiger partial charge is 0.489 e. The molecule has 0 atom stereocenters. The Hall–Kier alpha value is -3.70. The van der Waals surface area contributed by atoms with Gasteiger partial charge in [0.25, 0.3) is 0 Å². The van der Waals surface area contributed by atoms with Crippen LogP contribution in [0, 0.1) is 23.7 Å². The molecule has 4 nitrogen and oxygen atoms in total. The molecule has 0 saturated carbocycles. The van der Waals surface area contributed by atoms with Gasteiger partial charge in [-0.25, -0.2) is 0 Å². The van der Waals surface area contributed by atoms with E-state index >= 15 is 0 Å². The van der Waals surface area contributed by atoms with E-state index in [9.17, 15) is 0 Å². The van der Waals surface area contributed by atoms with Crippen LogP contribution in [-0.2, 0) is 35.9 Å². The topological polar surface area (TPSA) is 36.9 Å². The predicted molar refractivity (Wildman–Crippen MR) is 123 cm³/mol. The number of fused-ring (bicyclic) bond motifs is 4. The zero-order chi connectivity index (χ0) is 21.8. The molecule has 160 valence electrons. The molecule has 32 heavy (non-hydrogen) atoms. The highest BCUT2D eigenvalue weighted by Crippen LogP contribution is 2.22. The Balaban J connectivity index is 1.53. The number of para-hydroxylation sites is 2. The molecule has 0 unspecified atom stereocenters. The van der Waals surface area contributed by atoms with Gasteiger partial charge in [0.1, 0.15) is 37.9 Å². The lowest BCUT2D eigenvalue weighted by molar-refractivity contribution is 0.149. The summed E-state index contributed by atoms with van der Waals surface area (Å²) in [6.45, 7) is 2.38. The molecule has 0 aliphatic carbocycles. The van der Waals surface area contributed by atoms with Crippen molar-refractivity contribution in [3.8, 4) is 35.2 Å². The van der Waals surface area contributed by atoms with E-state index in [4.69, 9.17) is 18.9 Å². The molecule has 0 amide bonds. The fourth-order valence-electron chi connectivity index (χ4n) is 3.24. The third-order valence-corrected chi connectivity index (χ3v) is 4.83. The van der Waals surface area contributed by atoms with Crippen molar-refractivity contribution in [2.75, 3.05) is 13.2 Å². The molecule has 2 bridgehead atoms. The van der Waals surface area contributed by atoms with Gasteiger partial charge in [-0.2, -0.15) is 0 Å². The van der Waals surface area contributed by atoms with Gasteiger partial charge in [-0.3, -0.25) is 0 Å². The highest BCUT2D eigenvalue weighted by Gasteiger charge is 2.06. The van der Waals surface area contributed by atoms with Gasteiger partial charge in [0.05, 0.1) is 13.2 Å². The number of rotatable bonds is 0. The first-order valence-corrected chi connectivity index (χ1v) is 10.5. The average molecular weight is 424 g/mol. The smallest absolute Gasteiger partial charge is 0.125 e. The van der Waals surface area contributed by atoms with Gasteiger partial charge in [-0.05, 0) is 41.2 Å². The number of benzene rings is 3. The Kier molecular flexibility index (Phi) is 7.82. The molecule has 4 rings (SSSR count). The molecule has 1 heterocycles. The maximum Gasteiger partial charge on any atom is 0.125 e. The molecule has 3 aromatic rings. The standard InChI is InChI=1S/C28H24O4/c1-2-8-17-30-22-26-13-4-6-15-28(26)32-20-24-11-9-10-23(18-24)19-31-27-14-5-3-12-25(27)21-29-16-7-1/h3-6,9-15,18H,16-17,19-22H2. The van der Waals surface area contributed by atoms with Gasteiger partial charge in [-0.1, -0.05) is 66.4 Å². The van der Waals surface area contributed by atoms with E-state index in [0.717, 1.165) is 33.8 Å². The van der Waals surface area contributed by atoms with Crippen LogP contribution in [0.3, 0.4) is 0 Å². The van der Waals surface area contributed by atoms with Gasteiger partial charge in [-0.15, -0.1) is 0 Å². The van der Waals surface area contributed by atoms with Crippen LogP contribution >= 0.6 is 0 Å². The molecule has 4 heteroatoms. The van der Waals surface area contributed by atoms with Gasteiger partial charge in [0, 0.05) is 11.1 Å². The summed E-state index contributed by atoms with van der Waals surface area (Å²) in [6.07, 6.45) is 0. The van der Waals surface area contributed by atoms with E-state index in [1.165, 1.54) is 0 Å². The molecule has 0 fully saturated rings. The quantitative estimate of drug-likeness (QED) is 0.481. The van der Waals surface area contributed by atoms with Crippen LogP contribution in [0.4, 0.5) is 0 Å². The minimum atomic E-state index is 0.302. The predicted octanol–water partition coefficient (Wildman–Crippen LogP) is 4.90. The van der Waals surface area contributed by atoms with Crippen molar-refractivity contribution < 1.29 is 18.9 Å². The molecule has 0 N–H and O–H groups in total. The summed E-state index contributed by atoms with van der Waals surface area (Å²) in [7, 11) is 0. The SMILES string of the molecule is C1#CCOCc2ccccc2OCc2cccc(c2)COc2ccccc2COCC#C1. The monoisotopic (exact) mass is 424 g/mol. The molecule has 0 radical (unpaired) electrons. The van der Waals surface area contributed by atoms with Crippen LogP contribution in [0.25, 0.3) is 0 Å². The van der Waals surface area contributed by atoms with E-state index < -0.39 is 0 Å². The molecule has 0 aromatic heterocycles. The van der Waals surface area contributed by atoms with Crippen LogP contribution in [-0.4, -0.2) is 13.2 Å². The molecular weight excluding hydrogens is 400 g/mol. The maximum absolute atomic E-state index is 6.09. The Labute approximate surface area is 189 Å². The van der Waals surface area contributed by atoms with Crippen molar-refractivity contribution in [2.24, 2.45) is 0 Å². The second-order valence-corrected chi connectivity index (χ2v) is 7.20. The van der Waals surface area contributed by atoms with E-state index in [1.807, 2.05) is 54.6 Å². The van der Waals surface area contributed by atoms with Crippen molar-refractivity contribution in [1.29, 1.82) is 0 Å². The van der Waals surface area contributed by atoms with Crippen molar-refractivity contribution >= 4 is 0 Å². The third kappa shape index (κ3) is 6.40. The lowest BCUT2D eigenvalue weighted by atomic mass is 10.1. The van der Waals surface area contributed by atoms with Gasteiger partial charge in [0.2, 0.25) is 0 Å². The normalized spacial score (nSPS) is 14.4. The maximum atomic E-state index is 6.09. The van der Waals surface area contributed by atoms with Gasteiger partial charge >= 0.3 is 0 Å². The molecule has 3 aromatic carbocycles. The Bertz CT molecular complexity index is 1070. The first-order valence-electron chi connectivity index (χ1n) is 10.5. The summed E-state index contributed by atoms with van der Waals surface area (Å²) in [4.78, 5) is 0. The third-order valence-electron chi connectivity index (χ3n) is 4.83. The highest BCUT2D eigenvalue weighted by molar-refractivity contribution is 5.35. The zero-order valence-corrected chi connectivity index (χ0v) is 17.8. The second kappa shape index (κ2) is 11.6. The van der Waals surface area contributed by atoms with Crippen LogP contribution < -0.4 is 9.47 Å². The number of hydrogen-bond acceptors (Lipinski definition) is 4. The Morgan fingerprint density at radius 3 is 1.56 bits per heavy atom. The summed E-state index contributed by atoms with van der Waals surface area (Å²) in [5, 5.41) is 0. The summed E-state index contributed by atoms with van der Waals surface area (Å²) in [6, 6.07) is 24.0. The molecule has 0 saturated heterocycles. The minimum Gasteiger partial charge on any atom is -0.489 e. The van der Waals surface area contributed by atoms with Gasteiger partial charge < -0.3 is 18.9 Å². The minimum absolute atomic E-state index is 0.302. The molecule has 0 spiro atoms. The fraction of sp³-hybridized carbons (Fsp3) is 0.214. The first-order chi connectivity index (χ1) is 15.9. The van der Waals surface area contributed by atoms with Crippen molar-refractivity contribution in [3.05, 3.63) is 95.1 Å². The first kappa shape index (κ1) is 21.5. The molecule has 1 aliphatic heterocycles. The summed E-state index contributed by atoms with van der Waals surface area (Å²) >= 11 is 0. The van der Waals surface area contributed by atoms with Crippen LogP contribution in [0.5, 0.6) is 11.5 Å². The van der Waals surface area contributed by atoms with E-state index in [1.54, 1.807) is 0 Å². The fourth-order valence-corrected chi connectivity index (χ4v) is 3.24. The van der Waals surface area contributed by atoms with Crippen molar-refractivity contribution in [1.82, 2.24) is 0 Å². The number of ether oxygens (including phenoxy) is 4.